The van der Waals surface area contributed by atoms with Crippen LogP contribution in [0.2, 0.25) is 5.02 Å². The van der Waals surface area contributed by atoms with Crippen LogP contribution in [-0.2, 0) is 17.6 Å². The SMILES string of the molecule is CCOc1ccc(Cc2cc(C3CC(O)CC(CO)O3)c3c(c2Cl)OCCC3)cc1. The molecule has 1 saturated heterocycles. The van der Waals surface area contributed by atoms with E-state index in [0.717, 1.165) is 46.6 Å². The molecule has 0 spiro atoms. The number of aliphatic hydroxyl groups is 2. The van der Waals surface area contributed by atoms with Gasteiger partial charge in [-0.15, -0.1) is 0 Å². The lowest BCUT2D eigenvalue weighted by atomic mass is 9.88. The minimum atomic E-state index is -0.494. The fourth-order valence-corrected chi connectivity index (χ4v) is 4.68. The number of hydrogen-bond donors (Lipinski definition) is 2. The van der Waals surface area contributed by atoms with E-state index in [0.29, 0.717) is 37.5 Å². The van der Waals surface area contributed by atoms with Crippen LogP contribution in [0.4, 0.5) is 0 Å². The zero-order chi connectivity index (χ0) is 21.1. The topological polar surface area (TPSA) is 68.2 Å². The van der Waals surface area contributed by atoms with Gasteiger partial charge in [0, 0.05) is 18.4 Å². The van der Waals surface area contributed by atoms with Crippen molar-refractivity contribution in [3.05, 3.63) is 57.6 Å². The van der Waals surface area contributed by atoms with Gasteiger partial charge in [0.15, 0.2) is 0 Å². The highest BCUT2D eigenvalue weighted by Crippen LogP contribution is 2.44. The summed E-state index contributed by atoms with van der Waals surface area (Å²) in [5.74, 6) is 1.59. The van der Waals surface area contributed by atoms with Crippen LogP contribution in [0.15, 0.2) is 30.3 Å². The maximum Gasteiger partial charge on any atom is 0.141 e. The van der Waals surface area contributed by atoms with Crippen LogP contribution in [0.1, 0.15) is 54.5 Å². The summed E-state index contributed by atoms with van der Waals surface area (Å²) in [7, 11) is 0. The fourth-order valence-electron chi connectivity index (χ4n) is 4.39. The molecule has 3 unspecified atom stereocenters. The third-order valence-corrected chi connectivity index (χ3v) is 6.22. The van der Waals surface area contributed by atoms with Crippen LogP contribution in [0.25, 0.3) is 0 Å². The van der Waals surface area contributed by atoms with E-state index in [9.17, 15) is 10.2 Å². The Bertz CT molecular complexity index is 867. The van der Waals surface area contributed by atoms with Crippen molar-refractivity contribution in [2.24, 2.45) is 0 Å². The summed E-state index contributed by atoms with van der Waals surface area (Å²) in [6.07, 6.45) is 2.29. The van der Waals surface area contributed by atoms with Crippen LogP contribution in [0, 0.1) is 0 Å². The van der Waals surface area contributed by atoms with Crippen molar-refractivity contribution in [1.82, 2.24) is 0 Å². The fraction of sp³-hybridized carbons (Fsp3) is 0.500. The van der Waals surface area contributed by atoms with E-state index in [2.05, 4.69) is 6.07 Å². The molecule has 162 valence electrons. The number of rotatable bonds is 6. The molecule has 5 nitrogen and oxygen atoms in total. The second-order valence-corrected chi connectivity index (χ2v) is 8.38. The van der Waals surface area contributed by atoms with Crippen molar-refractivity contribution in [2.75, 3.05) is 19.8 Å². The first kappa shape index (κ1) is 21.4. The number of aliphatic hydroxyl groups excluding tert-OH is 2. The Morgan fingerprint density at radius 1 is 1.20 bits per heavy atom. The molecule has 0 radical (unpaired) electrons. The molecular weight excluding hydrogens is 404 g/mol. The van der Waals surface area contributed by atoms with Crippen LogP contribution in [0.3, 0.4) is 0 Å². The Kier molecular flexibility index (Phi) is 6.84. The van der Waals surface area contributed by atoms with Gasteiger partial charge in [0.1, 0.15) is 11.5 Å². The molecule has 0 aromatic heterocycles. The molecule has 1 fully saturated rings. The van der Waals surface area contributed by atoms with Gasteiger partial charge >= 0.3 is 0 Å². The van der Waals surface area contributed by atoms with E-state index < -0.39 is 6.10 Å². The summed E-state index contributed by atoms with van der Waals surface area (Å²) < 4.78 is 17.6. The third kappa shape index (κ3) is 4.59. The highest BCUT2D eigenvalue weighted by Gasteiger charge is 2.33. The normalized spacial score (nSPS) is 23.5. The van der Waals surface area contributed by atoms with Crippen molar-refractivity contribution >= 4 is 11.6 Å². The van der Waals surface area contributed by atoms with Gasteiger partial charge in [0.25, 0.3) is 0 Å². The van der Waals surface area contributed by atoms with Gasteiger partial charge in [0.05, 0.1) is 43.2 Å². The molecule has 30 heavy (non-hydrogen) atoms. The molecule has 0 bridgehead atoms. The lowest BCUT2D eigenvalue weighted by molar-refractivity contribution is -0.114. The second-order valence-electron chi connectivity index (χ2n) is 8.01. The molecule has 2 N–H and O–H groups in total. The van der Waals surface area contributed by atoms with E-state index in [4.69, 9.17) is 25.8 Å². The second kappa shape index (κ2) is 9.56. The van der Waals surface area contributed by atoms with Gasteiger partial charge in [-0.1, -0.05) is 29.8 Å². The summed E-state index contributed by atoms with van der Waals surface area (Å²) in [6, 6.07) is 10.1. The molecule has 3 atom stereocenters. The van der Waals surface area contributed by atoms with Crippen molar-refractivity contribution < 1.29 is 24.4 Å². The van der Waals surface area contributed by atoms with Crippen molar-refractivity contribution in [1.29, 1.82) is 0 Å². The highest BCUT2D eigenvalue weighted by molar-refractivity contribution is 6.33. The summed E-state index contributed by atoms with van der Waals surface area (Å²) in [6.45, 7) is 3.15. The number of hydrogen-bond acceptors (Lipinski definition) is 5. The monoisotopic (exact) mass is 432 g/mol. The predicted octanol–water partition coefficient (Wildman–Crippen LogP) is 4.23. The minimum absolute atomic E-state index is 0.0983. The summed E-state index contributed by atoms with van der Waals surface area (Å²) in [5.41, 5.74) is 4.19. The third-order valence-electron chi connectivity index (χ3n) is 5.81. The van der Waals surface area contributed by atoms with Gasteiger partial charge in [-0.3, -0.25) is 0 Å². The lowest BCUT2D eigenvalue weighted by Crippen LogP contribution is -2.34. The van der Waals surface area contributed by atoms with Gasteiger partial charge in [-0.25, -0.2) is 0 Å². The van der Waals surface area contributed by atoms with Gasteiger partial charge < -0.3 is 24.4 Å². The first-order chi connectivity index (χ1) is 14.6. The Morgan fingerprint density at radius 2 is 2.00 bits per heavy atom. The van der Waals surface area contributed by atoms with Gasteiger partial charge in [-0.2, -0.15) is 0 Å². The largest absolute Gasteiger partial charge is 0.494 e. The average Bonchev–Trinajstić information content (AvgIpc) is 2.76. The predicted molar refractivity (Wildman–Crippen MR) is 116 cm³/mol. The quantitative estimate of drug-likeness (QED) is 0.715. The van der Waals surface area contributed by atoms with Crippen molar-refractivity contribution in [3.63, 3.8) is 0 Å². The summed E-state index contributed by atoms with van der Waals surface area (Å²) in [4.78, 5) is 0. The molecule has 6 heteroatoms. The number of ether oxygens (including phenoxy) is 3. The zero-order valence-corrected chi connectivity index (χ0v) is 18.0. The van der Waals surface area contributed by atoms with Crippen molar-refractivity contribution in [3.8, 4) is 11.5 Å². The number of benzene rings is 2. The first-order valence-corrected chi connectivity index (χ1v) is 11.1. The van der Waals surface area contributed by atoms with Crippen LogP contribution in [-0.4, -0.2) is 42.2 Å². The Balaban J connectivity index is 1.68. The van der Waals surface area contributed by atoms with Crippen LogP contribution in [0.5, 0.6) is 11.5 Å². The van der Waals surface area contributed by atoms with Crippen LogP contribution < -0.4 is 9.47 Å². The summed E-state index contributed by atoms with van der Waals surface area (Å²) >= 11 is 6.77. The lowest BCUT2D eigenvalue weighted by Gasteiger charge is -2.35. The standard InChI is InChI=1S/C24H29ClO5/c1-2-28-18-7-5-15(6-8-18)10-16-11-21(20-4-3-9-29-24(20)23(16)25)22-13-17(27)12-19(14-26)30-22/h5-8,11,17,19,22,26-27H,2-4,9-10,12-14H2,1H3. The Labute approximate surface area is 182 Å². The molecule has 0 saturated carbocycles. The first-order valence-electron chi connectivity index (χ1n) is 10.7. The number of halogens is 1. The van der Waals surface area contributed by atoms with Gasteiger partial charge in [-0.05, 0) is 55.0 Å². The molecule has 2 aliphatic heterocycles. The molecule has 4 rings (SSSR count). The van der Waals surface area contributed by atoms with Crippen molar-refractivity contribution in [2.45, 2.75) is 57.3 Å². The molecule has 2 heterocycles. The van der Waals surface area contributed by atoms with E-state index >= 15 is 0 Å². The maximum atomic E-state index is 10.3. The highest BCUT2D eigenvalue weighted by atomic mass is 35.5. The molecule has 0 aliphatic carbocycles. The van der Waals surface area contributed by atoms with Crippen LogP contribution >= 0.6 is 11.6 Å². The minimum Gasteiger partial charge on any atom is -0.494 e. The molecule has 2 aliphatic rings. The zero-order valence-electron chi connectivity index (χ0n) is 17.3. The van der Waals surface area contributed by atoms with E-state index in [1.807, 2.05) is 31.2 Å². The molecule has 2 aromatic rings. The Morgan fingerprint density at radius 3 is 2.73 bits per heavy atom. The molecule has 2 aromatic carbocycles. The average molecular weight is 433 g/mol. The van der Waals surface area contributed by atoms with Gasteiger partial charge in [0.2, 0.25) is 0 Å². The Hall–Kier alpha value is -1.79. The molecular formula is C24H29ClO5. The van der Waals surface area contributed by atoms with E-state index in [1.54, 1.807) is 0 Å². The maximum absolute atomic E-state index is 10.3. The van der Waals surface area contributed by atoms with E-state index in [1.165, 1.54) is 0 Å². The van der Waals surface area contributed by atoms with E-state index in [-0.39, 0.29) is 18.8 Å². The smallest absolute Gasteiger partial charge is 0.141 e. The summed E-state index contributed by atoms with van der Waals surface area (Å²) in [5, 5.41) is 20.5. The number of fused-ring (bicyclic) bond motifs is 1. The molecule has 0 amide bonds.